The fourth-order valence-corrected chi connectivity index (χ4v) is 2.37. The van der Waals surface area contributed by atoms with Crippen molar-refractivity contribution in [1.29, 1.82) is 0 Å². The first-order valence-electron chi connectivity index (χ1n) is 6.26. The maximum absolute atomic E-state index is 12.4. The van der Waals surface area contributed by atoms with Gasteiger partial charge in [-0.15, -0.1) is 11.6 Å². The molecule has 1 amide bonds. The highest BCUT2D eigenvalue weighted by molar-refractivity contribution is 6.17. The van der Waals surface area contributed by atoms with Gasteiger partial charge in [-0.25, -0.2) is 0 Å². The second-order valence-electron chi connectivity index (χ2n) is 4.91. The van der Waals surface area contributed by atoms with E-state index in [2.05, 4.69) is 18.9 Å². The minimum Gasteiger partial charge on any atom is -0.336 e. The van der Waals surface area contributed by atoms with Crippen LogP contribution in [0.1, 0.15) is 22.8 Å². The molecule has 2 rings (SSSR count). The molecule has 98 valence electrons. The molecule has 1 aliphatic rings. The number of halogens is 1. The van der Waals surface area contributed by atoms with Crippen LogP contribution in [-0.4, -0.2) is 48.4 Å². The zero-order valence-electron chi connectivity index (χ0n) is 10.9. The van der Waals surface area contributed by atoms with Gasteiger partial charge in [0.05, 0.1) is 0 Å². The van der Waals surface area contributed by atoms with E-state index in [9.17, 15) is 4.79 Å². The van der Waals surface area contributed by atoms with Gasteiger partial charge < -0.3 is 9.80 Å². The third-order valence-corrected chi connectivity index (χ3v) is 3.88. The standard InChI is InChI=1S/C14H19ClN2O/c1-11-10-17(7-6-16(11)2)14(18)13-5-3-4-12(8-13)9-15/h3-5,8,11H,6-7,9-10H2,1-2H3. The minimum atomic E-state index is 0.113. The number of hydrogen-bond donors (Lipinski definition) is 0. The predicted octanol–water partition coefficient (Wildman–Crippen LogP) is 2.20. The van der Waals surface area contributed by atoms with Crippen molar-refractivity contribution in [3.8, 4) is 0 Å². The number of benzene rings is 1. The van der Waals surface area contributed by atoms with E-state index in [1.807, 2.05) is 29.2 Å². The first-order valence-corrected chi connectivity index (χ1v) is 6.79. The van der Waals surface area contributed by atoms with Crippen LogP contribution in [-0.2, 0) is 5.88 Å². The molecular formula is C14H19ClN2O. The summed E-state index contributed by atoms with van der Waals surface area (Å²) in [5.74, 6) is 0.558. The molecule has 0 bridgehead atoms. The lowest BCUT2D eigenvalue weighted by atomic mass is 10.1. The first-order chi connectivity index (χ1) is 8.61. The lowest BCUT2D eigenvalue weighted by Gasteiger charge is -2.37. The van der Waals surface area contributed by atoms with Crippen molar-refractivity contribution in [3.63, 3.8) is 0 Å². The van der Waals surface area contributed by atoms with Gasteiger partial charge in [-0.2, -0.15) is 0 Å². The zero-order chi connectivity index (χ0) is 13.1. The normalized spacial score (nSPS) is 21.1. The van der Waals surface area contributed by atoms with Crippen molar-refractivity contribution in [1.82, 2.24) is 9.80 Å². The molecule has 0 radical (unpaired) electrons. The Morgan fingerprint density at radius 1 is 1.44 bits per heavy atom. The highest BCUT2D eigenvalue weighted by Gasteiger charge is 2.24. The molecule has 4 heteroatoms. The van der Waals surface area contributed by atoms with Crippen LogP contribution in [0.25, 0.3) is 0 Å². The molecule has 0 aromatic heterocycles. The van der Waals surface area contributed by atoms with Crippen molar-refractivity contribution >= 4 is 17.5 Å². The number of alkyl halides is 1. The lowest BCUT2D eigenvalue weighted by Crippen LogP contribution is -2.52. The van der Waals surface area contributed by atoms with Crippen LogP contribution < -0.4 is 0 Å². The Balaban J connectivity index is 2.11. The summed E-state index contributed by atoms with van der Waals surface area (Å²) in [7, 11) is 2.10. The highest BCUT2D eigenvalue weighted by Crippen LogP contribution is 2.14. The molecule has 1 atom stereocenters. The summed E-state index contributed by atoms with van der Waals surface area (Å²) in [6, 6.07) is 8.00. The van der Waals surface area contributed by atoms with E-state index in [1.54, 1.807) is 0 Å². The lowest BCUT2D eigenvalue weighted by molar-refractivity contribution is 0.0572. The number of amides is 1. The van der Waals surface area contributed by atoms with Gasteiger partial charge in [0.25, 0.3) is 5.91 Å². The van der Waals surface area contributed by atoms with E-state index in [0.29, 0.717) is 11.9 Å². The third-order valence-electron chi connectivity index (χ3n) is 3.58. The highest BCUT2D eigenvalue weighted by atomic mass is 35.5. The molecule has 1 aliphatic heterocycles. The number of rotatable bonds is 2. The summed E-state index contributed by atoms with van der Waals surface area (Å²) in [6.07, 6.45) is 0. The molecule has 1 unspecified atom stereocenters. The SMILES string of the molecule is CC1CN(C(=O)c2cccc(CCl)c2)CCN1C. The Kier molecular flexibility index (Phi) is 4.25. The molecule has 1 fully saturated rings. The smallest absolute Gasteiger partial charge is 0.253 e. The summed E-state index contributed by atoms with van der Waals surface area (Å²) < 4.78 is 0. The summed E-state index contributed by atoms with van der Waals surface area (Å²) in [5, 5.41) is 0. The summed E-state index contributed by atoms with van der Waals surface area (Å²) in [6.45, 7) is 4.67. The average Bonchev–Trinajstić information content (AvgIpc) is 2.41. The average molecular weight is 267 g/mol. The van der Waals surface area contributed by atoms with Gasteiger partial charge in [0.2, 0.25) is 0 Å². The largest absolute Gasteiger partial charge is 0.336 e. The van der Waals surface area contributed by atoms with Gasteiger partial charge in [0.1, 0.15) is 0 Å². The summed E-state index contributed by atoms with van der Waals surface area (Å²) in [4.78, 5) is 16.6. The molecule has 3 nitrogen and oxygen atoms in total. The van der Waals surface area contributed by atoms with E-state index >= 15 is 0 Å². The second-order valence-corrected chi connectivity index (χ2v) is 5.18. The van der Waals surface area contributed by atoms with Crippen LogP contribution in [0, 0.1) is 0 Å². The molecule has 1 heterocycles. The number of piperazine rings is 1. The molecule has 18 heavy (non-hydrogen) atoms. The van der Waals surface area contributed by atoms with E-state index in [-0.39, 0.29) is 5.91 Å². The van der Waals surface area contributed by atoms with Gasteiger partial charge in [-0.3, -0.25) is 4.79 Å². The minimum absolute atomic E-state index is 0.113. The second kappa shape index (κ2) is 5.72. The van der Waals surface area contributed by atoms with Crippen LogP contribution in [0.3, 0.4) is 0 Å². The third kappa shape index (κ3) is 2.85. The fraction of sp³-hybridized carbons (Fsp3) is 0.500. The quantitative estimate of drug-likeness (QED) is 0.767. The van der Waals surface area contributed by atoms with Crippen LogP contribution in [0.2, 0.25) is 0 Å². The van der Waals surface area contributed by atoms with E-state index in [0.717, 1.165) is 30.8 Å². The topological polar surface area (TPSA) is 23.6 Å². The van der Waals surface area contributed by atoms with Crippen LogP contribution in [0.15, 0.2) is 24.3 Å². The Labute approximate surface area is 113 Å². The number of carbonyl (C=O) groups is 1. The van der Waals surface area contributed by atoms with E-state index < -0.39 is 0 Å². The number of likely N-dealkylation sites (N-methyl/N-ethyl adjacent to an activating group) is 1. The van der Waals surface area contributed by atoms with Gasteiger partial charge in [-0.05, 0) is 31.7 Å². The zero-order valence-corrected chi connectivity index (χ0v) is 11.7. The molecule has 0 N–H and O–H groups in total. The molecule has 0 spiro atoms. The Bertz CT molecular complexity index is 436. The fourth-order valence-electron chi connectivity index (χ4n) is 2.20. The maximum atomic E-state index is 12.4. The van der Waals surface area contributed by atoms with E-state index in [4.69, 9.17) is 11.6 Å². The molecule has 0 saturated carbocycles. The Morgan fingerprint density at radius 3 is 2.89 bits per heavy atom. The van der Waals surface area contributed by atoms with Crippen LogP contribution in [0.4, 0.5) is 0 Å². The predicted molar refractivity (Wildman–Crippen MR) is 74.0 cm³/mol. The maximum Gasteiger partial charge on any atom is 0.253 e. The van der Waals surface area contributed by atoms with Crippen molar-refractivity contribution in [2.75, 3.05) is 26.7 Å². The first kappa shape index (κ1) is 13.4. The molecular weight excluding hydrogens is 248 g/mol. The Hall–Kier alpha value is -1.06. The Morgan fingerprint density at radius 2 is 2.22 bits per heavy atom. The van der Waals surface area contributed by atoms with Gasteiger partial charge >= 0.3 is 0 Å². The molecule has 1 aromatic carbocycles. The monoisotopic (exact) mass is 266 g/mol. The summed E-state index contributed by atoms with van der Waals surface area (Å²) in [5.41, 5.74) is 1.73. The van der Waals surface area contributed by atoms with Gasteiger partial charge in [0, 0.05) is 37.1 Å². The van der Waals surface area contributed by atoms with Crippen molar-refractivity contribution in [2.24, 2.45) is 0 Å². The molecule has 0 aliphatic carbocycles. The molecule has 1 saturated heterocycles. The molecule has 1 aromatic rings. The van der Waals surface area contributed by atoms with Crippen LogP contribution in [0.5, 0.6) is 0 Å². The number of nitrogens with zero attached hydrogens (tertiary/aromatic N) is 2. The van der Waals surface area contributed by atoms with Crippen LogP contribution >= 0.6 is 11.6 Å². The summed E-state index contributed by atoms with van der Waals surface area (Å²) >= 11 is 5.80. The van der Waals surface area contributed by atoms with Crippen molar-refractivity contribution in [2.45, 2.75) is 18.8 Å². The van der Waals surface area contributed by atoms with Crippen molar-refractivity contribution in [3.05, 3.63) is 35.4 Å². The van der Waals surface area contributed by atoms with Gasteiger partial charge in [-0.1, -0.05) is 12.1 Å². The number of hydrogen-bond acceptors (Lipinski definition) is 2. The number of carbonyl (C=O) groups excluding carboxylic acids is 1. The van der Waals surface area contributed by atoms with E-state index in [1.165, 1.54) is 0 Å². The van der Waals surface area contributed by atoms with Crippen molar-refractivity contribution < 1.29 is 4.79 Å². The van der Waals surface area contributed by atoms with Gasteiger partial charge in [0.15, 0.2) is 0 Å².